The van der Waals surface area contributed by atoms with Crippen LogP contribution in [0, 0.1) is 18.2 Å². The summed E-state index contributed by atoms with van der Waals surface area (Å²) in [6.07, 6.45) is -0.266. The van der Waals surface area contributed by atoms with Gasteiger partial charge in [-0.05, 0) is 80.4 Å². The molecule has 0 saturated heterocycles. The van der Waals surface area contributed by atoms with Crippen molar-refractivity contribution in [3.63, 3.8) is 0 Å². The van der Waals surface area contributed by atoms with E-state index >= 15 is 0 Å². The molecule has 0 bridgehead atoms. The number of amides is 1. The third kappa shape index (κ3) is 7.68. The number of carbonyl (C=O) groups is 2. The normalized spacial score (nSPS) is 10.7. The van der Waals surface area contributed by atoms with Gasteiger partial charge in [-0.2, -0.15) is 0 Å². The van der Waals surface area contributed by atoms with Gasteiger partial charge in [0.15, 0.2) is 18.1 Å². The second-order valence-electron chi connectivity index (χ2n) is 9.04. The number of aryl methyl sites for hydroxylation is 1. The number of hydrogen-bond acceptors (Lipinski definition) is 7. The topological polar surface area (TPSA) is 167 Å². The average Bonchev–Trinajstić information content (AvgIpc) is 2.87. The molecule has 0 spiro atoms. The molecule has 0 aliphatic heterocycles. The Bertz CT molecular complexity index is 1380. The summed E-state index contributed by atoms with van der Waals surface area (Å²) in [7, 11) is 0. The number of carboxylic acid groups (broad SMARTS) is 1. The number of aliphatic hydroxyl groups is 1. The second kappa shape index (κ2) is 12.7. The maximum Gasteiger partial charge on any atom is 0.341 e. The van der Waals surface area contributed by atoms with E-state index in [0.717, 1.165) is 0 Å². The van der Waals surface area contributed by atoms with Crippen molar-refractivity contribution < 1.29 is 33.7 Å². The van der Waals surface area contributed by atoms with E-state index in [1.165, 1.54) is 19.1 Å². The van der Waals surface area contributed by atoms with E-state index in [0.29, 0.717) is 22.4 Å². The van der Waals surface area contributed by atoms with Crippen LogP contribution in [0.5, 0.6) is 11.5 Å². The molecule has 0 aliphatic carbocycles. The van der Waals surface area contributed by atoms with E-state index in [-0.39, 0.29) is 53.4 Å². The molecule has 0 aliphatic rings. The van der Waals surface area contributed by atoms with Crippen molar-refractivity contribution in [3.8, 4) is 11.5 Å². The minimum atomic E-state index is -1.19. The minimum absolute atomic E-state index is 0.00661. The standard InChI is InChI=1S/C28H31FN4O6/c1-15(2)39-24-10-17(13-34)9-19(26(24)38-14-25(35)36)12-32-23-11-22(29)16(3)8-21(23)28(37)33-20-6-4-18(5-7-20)27(30)31/h4-11,15,32,34H,12-14H2,1-3H3,(H3,30,31)(H,33,37)(H,35,36). The fraction of sp³-hybridized carbons (Fsp3) is 0.250. The number of nitrogens with two attached hydrogens (primary N) is 1. The summed E-state index contributed by atoms with van der Waals surface area (Å²) >= 11 is 0. The van der Waals surface area contributed by atoms with Crippen LogP contribution >= 0.6 is 0 Å². The van der Waals surface area contributed by atoms with Crippen molar-refractivity contribution in [2.24, 2.45) is 5.73 Å². The average molecular weight is 539 g/mol. The summed E-state index contributed by atoms with van der Waals surface area (Å²) in [6, 6.07) is 12.2. The third-order valence-electron chi connectivity index (χ3n) is 5.54. The van der Waals surface area contributed by atoms with Gasteiger partial charge in [0.2, 0.25) is 0 Å². The van der Waals surface area contributed by atoms with Gasteiger partial charge in [-0.1, -0.05) is 0 Å². The smallest absolute Gasteiger partial charge is 0.341 e. The highest BCUT2D eigenvalue weighted by Gasteiger charge is 2.19. The number of anilines is 2. The first-order valence-corrected chi connectivity index (χ1v) is 12.1. The predicted molar refractivity (Wildman–Crippen MR) is 145 cm³/mol. The van der Waals surface area contributed by atoms with Gasteiger partial charge in [-0.15, -0.1) is 0 Å². The number of amidine groups is 1. The minimum Gasteiger partial charge on any atom is -0.487 e. The molecule has 0 saturated carbocycles. The molecule has 3 aromatic carbocycles. The van der Waals surface area contributed by atoms with Gasteiger partial charge in [0.05, 0.1) is 24.0 Å². The molecule has 206 valence electrons. The van der Waals surface area contributed by atoms with Crippen molar-refractivity contribution in [3.05, 3.63) is 82.2 Å². The summed E-state index contributed by atoms with van der Waals surface area (Å²) < 4.78 is 25.9. The molecule has 10 nitrogen and oxygen atoms in total. The Balaban J connectivity index is 1.94. The van der Waals surface area contributed by atoms with Crippen molar-refractivity contribution >= 4 is 29.1 Å². The van der Waals surface area contributed by atoms with Crippen LogP contribution < -0.4 is 25.8 Å². The molecule has 0 fully saturated rings. The Morgan fingerprint density at radius 1 is 1.13 bits per heavy atom. The number of aliphatic hydroxyl groups excluding tert-OH is 1. The molecular formula is C28H31FN4O6. The Morgan fingerprint density at radius 2 is 1.82 bits per heavy atom. The van der Waals surface area contributed by atoms with Crippen LogP contribution in [0.3, 0.4) is 0 Å². The summed E-state index contributed by atoms with van der Waals surface area (Å²) in [4.78, 5) is 24.4. The van der Waals surface area contributed by atoms with Crippen LogP contribution in [0.2, 0.25) is 0 Å². The van der Waals surface area contributed by atoms with E-state index in [1.807, 2.05) is 0 Å². The van der Waals surface area contributed by atoms with E-state index in [2.05, 4.69) is 10.6 Å². The lowest BCUT2D eigenvalue weighted by molar-refractivity contribution is -0.139. The zero-order valence-corrected chi connectivity index (χ0v) is 21.8. The summed E-state index contributed by atoms with van der Waals surface area (Å²) in [5, 5.41) is 32.2. The van der Waals surface area contributed by atoms with Gasteiger partial charge in [-0.25, -0.2) is 9.18 Å². The van der Waals surface area contributed by atoms with Gasteiger partial charge in [0.25, 0.3) is 5.91 Å². The molecule has 39 heavy (non-hydrogen) atoms. The zero-order valence-electron chi connectivity index (χ0n) is 21.8. The van der Waals surface area contributed by atoms with Crippen LogP contribution in [0.1, 0.15) is 46.5 Å². The first kappa shape index (κ1) is 28.9. The molecule has 0 radical (unpaired) electrons. The van der Waals surface area contributed by atoms with Gasteiger partial charge in [0.1, 0.15) is 11.7 Å². The van der Waals surface area contributed by atoms with Crippen LogP contribution in [0.4, 0.5) is 15.8 Å². The summed E-state index contributed by atoms with van der Waals surface area (Å²) in [5.41, 5.74) is 7.96. The number of rotatable bonds is 12. The summed E-state index contributed by atoms with van der Waals surface area (Å²) in [6.45, 7) is 4.17. The molecule has 7 N–H and O–H groups in total. The third-order valence-corrected chi connectivity index (χ3v) is 5.54. The Kier molecular flexibility index (Phi) is 9.45. The van der Waals surface area contributed by atoms with Crippen LogP contribution in [0.15, 0.2) is 48.5 Å². The number of nitrogen functional groups attached to an aromatic ring is 1. The zero-order chi connectivity index (χ0) is 28.7. The number of carbonyl (C=O) groups excluding carboxylic acids is 1. The van der Waals surface area contributed by atoms with Crippen LogP contribution in [0.25, 0.3) is 0 Å². The van der Waals surface area contributed by atoms with E-state index in [1.54, 1.807) is 50.2 Å². The molecule has 11 heteroatoms. The van der Waals surface area contributed by atoms with E-state index < -0.39 is 24.3 Å². The van der Waals surface area contributed by atoms with Crippen molar-refractivity contribution in [2.45, 2.75) is 40.0 Å². The molecular weight excluding hydrogens is 507 g/mol. The molecule has 0 atom stereocenters. The maximum absolute atomic E-state index is 14.6. The highest BCUT2D eigenvalue weighted by atomic mass is 19.1. The SMILES string of the molecule is Cc1cc(C(=O)Nc2ccc(C(=N)N)cc2)c(NCc2cc(CO)cc(OC(C)C)c2OCC(=O)O)cc1F. The molecule has 0 heterocycles. The lowest BCUT2D eigenvalue weighted by atomic mass is 10.1. The van der Waals surface area contributed by atoms with Gasteiger partial charge in [-0.3, -0.25) is 10.2 Å². The van der Waals surface area contributed by atoms with Gasteiger partial charge < -0.3 is 36.1 Å². The number of benzene rings is 3. The van der Waals surface area contributed by atoms with Crippen LogP contribution in [-0.4, -0.2) is 40.6 Å². The first-order chi connectivity index (χ1) is 18.5. The fourth-order valence-corrected chi connectivity index (χ4v) is 3.72. The van der Waals surface area contributed by atoms with Crippen molar-refractivity contribution in [2.75, 3.05) is 17.2 Å². The molecule has 0 aromatic heterocycles. The first-order valence-electron chi connectivity index (χ1n) is 12.1. The van der Waals surface area contributed by atoms with Gasteiger partial charge in [0, 0.05) is 23.4 Å². The number of ether oxygens (including phenoxy) is 2. The highest BCUT2D eigenvalue weighted by molar-refractivity contribution is 6.08. The Hall–Kier alpha value is -4.64. The predicted octanol–water partition coefficient (Wildman–Crippen LogP) is 4.03. The van der Waals surface area contributed by atoms with Crippen LogP contribution in [-0.2, 0) is 17.9 Å². The van der Waals surface area contributed by atoms with Crippen molar-refractivity contribution in [1.29, 1.82) is 5.41 Å². The largest absolute Gasteiger partial charge is 0.487 e. The molecule has 1 amide bonds. The quantitative estimate of drug-likeness (QED) is 0.148. The monoisotopic (exact) mass is 538 g/mol. The van der Waals surface area contributed by atoms with E-state index in [4.69, 9.17) is 25.7 Å². The Morgan fingerprint density at radius 3 is 2.41 bits per heavy atom. The Labute approximate surface area is 225 Å². The van der Waals surface area contributed by atoms with Gasteiger partial charge >= 0.3 is 5.97 Å². The van der Waals surface area contributed by atoms with E-state index in [9.17, 15) is 19.1 Å². The fourth-order valence-electron chi connectivity index (χ4n) is 3.72. The highest BCUT2D eigenvalue weighted by Crippen LogP contribution is 2.35. The number of hydrogen-bond donors (Lipinski definition) is 6. The maximum atomic E-state index is 14.6. The molecule has 3 aromatic rings. The molecule has 3 rings (SSSR count). The number of halogens is 1. The molecule has 0 unspecified atom stereocenters. The lowest BCUT2D eigenvalue weighted by Crippen LogP contribution is -2.17. The second-order valence-corrected chi connectivity index (χ2v) is 9.04. The number of nitrogens with one attached hydrogen (secondary N) is 3. The summed E-state index contributed by atoms with van der Waals surface area (Å²) in [5.74, 6) is -1.93. The number of carboxylic acids is 1. The number of aliphatic carboxylic acids is 1. The van der Waals surface area contributed by atoms with Crippen molar-refractivity contribution in [1.82, 2.24) is 0 Å². The lowest BCUT2D eigenvalue weighted by Gasteiger charge is -2.20.